The number of phenols is 1. The summed E-state index contributed by atoms with van der Waals surface area (Å²) in [5.74, 6) is -0.491. The van der Waals surface area contributed by atoms with E-state index in [9.17, 15) is 19.8 Å². The lowest BCUT2D eigenvalue weighted by Crippen LogP contribution is -2.31. The van der Waals surface area contributed by atoms with Crippen molar-refractivity contribution in [2.24, 2.45) is 5.92 Å². The van der Waals surface area contributed by atoms with Crippen molar-refractivity contribution in [3.8, 4) is 11.5 Å². The van der Waals surface area contributed by atoms with Crippen molar-refractivity contribution < 1.29 is 29.3 Å². The highest BCUT2D eigenvalue weighted by molar-refractivity contribution is 6.46. The van der Waals surface area contributed by atoms with E-state index in [-0.39, 0.29) is 17.1 Å². The van der Waals surface area contributed by atoms with E-state index in [4.69, 9.17) is 9.47 Å². The van der Waals surface area contributed by atoms with Crippen LogP contribution in [-0.2, 0) is 14.3 Å². The summed E-state index contributed by atoms with van der Waals surface area (Å²) in [4.78, 5) is 27.4. The van der Waals surface area contributed by atoms with E-state index < -0.39 is 17.7 Å². The predicted octanol–water partition coefficient (Wildman–Crippen LogP) is 4.19. The Bertz CT molecular complexity index is 1040. The third-order valence-corrected chi connectivity index (χ3v) is 5.52. The van der Waals surface area contributed by atoms with E-state index in [1.165, 1.54) is 17.0 Å². The lowest BCUT2D eigenvalue weighted by atomic mass is 9.94. The molecule has 0 bridgehead atoms. The second-order valence-electron chi connectivity index (χ2n) is 8.62. The maximum atomic E-state index is 13.0. The smallest absolute Gasteiger partial charge is 0.295 e. The average Bonchev–Trinajstić information content (AvgIpc) is 3.03. The average molecular weight is 454 g/mol. The normalized spacial score (nSPS) is 17.7. The fourth-order valence-electron chi connectivity index (χ4n) is 3.86. The van der Waals surface area contributed by atoms with Crippen molar-refractivity contribution in [2.75, 3.05) is 26.9 Å². The number of aromatic hydroxyl groups is 1. The van der Waals surface area contributed by atoms with Crippen LogP contribution < -0.4 is 4.74 Å². The summed E-state index contributed by atoms with van der Waals surface area (Å²) in [5.41, 5.74) is 1.90. The van der Waals surface area contributed by atoms with Gasteiger partial charge in [-0.1, -0.05) is 26.0 Å². The Morgan fingerprint density at radius 2 is 1.82 bits per heavy atom. The highest BCUT2D eigenvalue weighted by atomic mass is 16.5. The molecule has 3 rings (SSSR count). The molecule has 0 aliphatic carbocycles. The van der Waals surface area contributed by atoms with Gasteiger partial charge in [-0.05, 0) is 60.7 Å². The Morgan fingerprint density at radius 1 is 1.12 bits per heavy atom. The Kier molecular flexibility index (Phi) is 7.76. The molecule has 0 aromatic heterocycles. The van der Waals surface area contributed by atoms with Crippen LogP contribution in [0.4, 0.5) is 0 Å². The number of nitrogens with zero attached hydrogens (tertiary/aromatic N) is 1. The molecule has 0 radical (unpaired) electrons. The van der Waals surface area contributed by atoms with Gasteiger partial charge in [0.2, 0.25) is 0 Å². The zero-order chi connectivity index (χ0) is 24.1. The molecule has 1 amide bonds. The zero-order valence-electron chi connectivity index (χ0n) is 19.5. The lowest BCUT2D eigenvalue weighted by molar-refractivity contribution is -0.140. The van der Waals surface area contributed by atoms with Gasteiger partial charge in [-0.2, -0.15) is 0 Å². The van der Waals surface area contributed by atoms with Gasteiger partial charge in [0.05, 0.1) is 18.2 Å². The van der Waals surface area contributed by atoms with Gasteiger partial charge in [0, 0.05) is 25.8 Å². The number of methoxy groups -OCH3 is 1. The van der Waals surface area contributed by atoms with Gasteiger partial charge in [0.15, 0.2) is 0 Å². The number of hydrogen-bond acceptors (Lipinski definition) is 6. The zero-order valence-corrected chi connectivity index (χ0v) is 19.5. The lowest BCUT2D eigenvalue weighted by Gasteiger charge is -2.25. The van der Waals surface area contributed by atoms with Gasteiger partial charge in [-0.25, -0.2) is 0 Å². The Balaban J connectivity index is 2.04. The first kappa shape index (κ1) is 24.3. The summed E-state index contributed by atoms with van der Waals surface area (Å²) in [6, 6.07) is 10.7. The second kappa shape index (κ2) is 10.5. The summed E-state index contributed by atoms with van der Waals surface area (Å²) in [5, 5.41) is 20.9. The van der Waals surface area contributed by atoms with Crippen LogP contribution in [0.5, 0.6) is 11.5 Å². The number of ether oxygens (including phenoxy) is 2. The van der Waals surface area contributed by atoms with Crippen molar-refractivity contribution >= 4 is 17.4 Å². The highest BCUT2D eigenvalue weighted by Gasteiger charge is 2.45. The van der Waals surface area contributed by atoms with Crippen LogP contribution in [0.25, 0.3) is 5.76 Å². The van der Waals surface area contributed by atoms with E-state index in [0.717, 1.165) is 5.56 Å². The molecule has 7 nitrogen and oxygen atoms in total. The quantitative estimate of drug-likeness (QED) is 0.256. The molecule has 1 fully saturated rings. The van der Waals surface area contributed by atoms with E-state index in [1.807, 2.05) is 6.92 Å². The summed E-state index contributed by atoms with van der Waals surface area (Å²) in [6.45, 7) is 7.28. The molecule has 1 saturated heterocycles. The Morgan fingerprint density at radius 3 is 2.42 bits per heavy atom. The molecule has 0 saturated carbocycles. The minimum Gasteiger partial charge on any atom is -0.508 e. The molecular formula is C26H31NO6. The molecule has 1 aliphatic rings. The number of aliphatic hydroxyl groups excluding tert-OH is 1. The third-order valence-electron chi connectivity index (χ3n) is 5.52. The predicted molar refractivity (Wildman–Crippen MR) is 125 cm³/mol. The molecule has 2 aromatic carbocycles. The van der Waals surface area contributed by atoms with Crippen LogP contribution in [0.1, 0.15) is 43.0 Å². The number of ketones is 1. The molecule has 33 heavy (non-hydrogen) atoms. The van der Waals surface area contributed by atoms with Crippen LogP contribution >= 0.6 is 0 Å². The number of amides is 1. The van der Waals surface area contributed by atoms with Crippen molar-refractivity contribution in [3.05, 3.63) is 64.7 Å². The van der Waals surface area contributed by atoms with Crippen molar-refractivity contribution in [3.63, 3.8) is 0 Å². The summed E-state index contributed by atoms with van der Waals surface area (Å²) in [6.07, 6.45) is 0.541. The third kappa shape index (κ3) is 5.37. The number of benzene rings is 2. The van der Waals surface area contributed by atoms with Gasteiger partial charge in [0.1, 0.15) is 17.3 Å². The first-order chi connectivity index (χ1) is 15.7. The van der Waals surface area contributed by atoms with Crippen LogP contribution in [0, 0.1) is 12.8 Å². The van der Waals surface area contributed by atoms with E-state index >= 15 is 0 Å². The Hall–Kier alpha value is -3.32. The van der Waals surface area contributed by atoms with Crippen LogP contribution in [0.3, 0.4) is 0 Å². The maximum Gasteiger partial charge on any atom is 0.295 e. The van der Waals surface area contributed by atoms with E-state index in [2.05, 4.69) is 13.8 Å². The minimum atomic E-state index is -0.764. The molecular weight excluding hydrogens is 422 g/mol. The number of Topliss-reactive ketones (excluding diaryl/α,β-unsaturated/α-hetero) is 1. The molecule has 1 aliphatic heterocycles. The van der Waals surface area contributed by atoms with Crippen molar-refractivity contribution in [2.45, 2.75) is 33.2 Å². The standard InChI is InChI=1S/C26H31NO6/c1-16(2)15-33-21-11-8-19(14-17(21)3)24(29)22-23(18-6-9-20(28)10-7-18)27(12-5-13-32-4)26(31)25(22)30/h6-11,14,16,23,28-29H,5,12-13,15H2,1-4H3/b24-22+/t23-/m1/s1. The molecule has 0 unspecified atom stereocenters. The largest absolute Gasteiger partial charge is 0.508 e. The number of phenolic OH excluding ortho intramolecular Hbond substituents is 1. The van der Waals surface area contributed by atoms with Crippen LogP contribution in [0.2, 0.25) is 0 Å². The number of likely N-dealkylation sites (tertiary alicyclic amines) is 1. The number of aliphatic hydroxyl groups is 1. The molecule has 2 aromatic rings. The monoisotopic (exact) mass is 453 g/mol. The fourth-order valence-corrected chi connectivity index (χ4v) is 3.86. The number of hydrogen-bond donors (Lipinski definition) is 2. The Labute approximate surface area is 194 Å². The number of rotatable bonds is 9. The number of aryl methyl sites for hydroxylation is 1. The first-order valence-electron chi connectivity index (χ1n) is 11.0. The van der Waals surface area contributed by atoms with Gasteiger partial charge in [-0.3, -0.25) is 9.59 Å². The van der Waals surface area contributed by atoms with Crippen LogP contribution in [-0.4, -0.2) is 53.7 Å². The van der Waals surface area contributed by atoms with Crippen LogP contribution in [0.15, 0.2) is 48.0 Å². The van der Waals surface area contributed by atoms with Crippen molar-refractivity contribution in [1.29, 1.82) is 0 Å². The molecule has 2 N–H and O–H groups in total. The summed E-state index contributed by atoms with van der Waals surface area (Å²) >= 11 is 0. The molecule has 0 spiro atoms. The number of carbonyl (C=O) groups excluding carboxylic acids is 2. The van der Waals surface area contributed by atoms with Gasteiger partial charge in [-0.15, -0.1) is 0 Å². The van der Waals surface area contributed by atoms with Gasteiger partial charge in [0.25, 0.3) is 11.7 Å². The van der Waals surface area contributed by atoms with Crippen molar-refractivity contribution in [1.82, 2.24) is 4.90 Å². The molecule has 176 valence electrons. The highest BCUT2D eigenvalue weighted by Crippen LogP contribution is 2.40. The maximum absolute atomic E-state index is 13.0. The summed E-state index contributed by atoms with van der Waals surface area (Å²) < 4.78 is 10.9. The van der Waals surface area contributed by atoms with Gasteiger partial charge >= 0.3 is 0 Å². The molecule has 1 atom stereocenters. The van der Waals surface area contributed by atoms with Gasteiger partial charge < -0.3 is 24.6 Å². The fraction of sp³-hybridized carbons (Fsp3) is 0.385. The molecule has 1 heterocycles. The topological polar surface area (TPSA) is 96.3 Å². The second-order valence-corrected chi connectivity index (χ2v) is 8.62. The molecule has 7 heteroatoms. The SMILES string of the molecule is COCCCN1C(=O)C(=O)/C(=C(/O)c2ccc(OCC(C)C)c(C)c2)[C@H]1c1ccc(O)cc1. The van der Waals surface area contributed by atoms with E-state index in [0.29, 0.717) is 49.0 Å². The summed E-state index contributed by atoms with van der Waals surface area (Å²) in [7, 11) is 1.57. The number of carbonyl (C=O) groups is 2. The first-order valence-corrected chi connectivity index (χ1v) is 11.0. The van der Waals surface area contributed by atoms with E-state index in [1.54, 1.807) is 37.4 Å². The minimum absolute atomic E-state index is 0.0263.